The number of carbonyl (C=O) groups excluding carboxylic acids is 1. The zero-order valence-electron chi connectivity index (χ0n) is 15.6. The molecule has 146 valence electrons. The van der Waals surface area contributed by atoms with E-state index in [2.05, 4.69) is 16.4 Å². The van der Waals surface area contributed by atoms with Gasteiger partial charge in [-0.05, 0) is 36.8 Å². The summed E-state index contributed by atoms with van der Waals surface area (Å²) in [4.78, 5) is 21.6. The van der Waals surface area contributed by atoms with Gasteiger partial charge >= 0.3 is 0 Å². The minimum absolute atomic E-state index is 0.0995. The first-order valence-electron chi connectivity index (χ1n) is 9.15. The number of para-hydroxylation sites is 1. The maximum absolute atomic E-state index is 12.4. The summed E-state index contributed by atoms with van der Waals surface area (Å²) < 4.78 is 12.3. The molecule has 2 aromatic heterocycles. The number of amides is 1. The van der Waals surface area contributed by atoms with Gasteiger partial charge in [0.15, 0.2) is 16.6 Å². The Balaban J connectivity index is 1.31. The molecule has 1 amide bonds. The zero-order chi connectivity index (χ0) is 19.8. The van der Waals surface area contributed by atoms with Crippen molar-refractivity contribution in [3.8, 4) is 11.5 Å². The molecule has 0 saturated carbocycles. The van der Waals surface area contributed by atoms with Crippen LogP contribution in [0.1, 0.15) is 5.56 Å². The van der Waals surface area contributed by atoms with Crippen molar-refractivity contribution in [1.82, 2.24) is 9.97 Å². The molecule has 1 aliphatic heterocycles. The number of thioether (sulfide) groups is 1. The highest BCUT2D eigenvalue weighted by Crippen LogP contribution is 2.35. The fourth-order valence-corrected chi connectivity index (χ4v) is 4.83. The minimum Gasteiger partial charge on any atom is -0.486 e. The molecule has 0 unspecified atom stereocenters. The highest BCUT2D eigenvalue weighted by atomic mass is 32.2. The summed E-state index contributed by atoms with van der Waals surface area (Å²) in [5, 5.41) is 5.32. The first-order chi connectivity index (χ1) is 14.2. The van der Waals surface area contributed by atoms with Crippen LogP contribution in [0.5, 0.6) is 11.5 Å². The van der Waals surface area contributed by atoms with Crippen molar-refractivity contribution < 1.29 is 14.3 Å². The maximum atomic E-state index is 12.4. The summed E-state index contributed by atoms with van der Waals surface area (Å²) >= 11 is 2.89. The van der Waals surface area contributed by atoms with Gasteiger partial charge in [-0.25, -0.2) is 9.97 Å². The summed E-state index contributed by atoms with van der Waals surface area (Å²) in [7, 11) is 0. The Morgan fingerprint density at radius 1 is 1.10 bits per heavy atom. The van der Waals surface area contributed by atoms with Crippen LogP contribution in [0.4, 0.5) is 5.13 Å². The molecule has 3 heterocycles. The topological polar surface area (TPSA) is 73.3 Å². The van der Waals surface area contributed by atoms with Crippen molar-refractivity contribution in [1.29, 1.82) is 0 Å². The van der Waals surface area contributed by atoms with E-state index in [0.717, 1.165) is 37.5 Å². The second kappa shape index (κ2) is 7.53. The van der Waals surface area contributed by atoms with Crippen LogP contribution in [0.25, 0.3) is 21.1 Å². The van der Waals surface area contributed by atoms with E-state index in [1.54, 1.807) is 0 Å². The average Bonchev–Trinajstić information content (AvgIpc) is 3.13. The molecule has 0 bridgehead atoms. The Hall–Kier alpha value is -2.84. The van der Waals surface area contributed by atoms with E-state index in [1.165, 1.54) is 23.1 Å². The van der Waals surface area contributed by atoms with Crippen LogP contribution < -0.4 is 14.8 Å². The SMILES string of the molecule is Cc1cc2cc3c(cc2nc1SCC(=O)Nc1nc2ccccc2s1)OCCO3. The number of benzene rings is 2. The highest BCUT2D eigenvalue weighted by molar-refractivity contribution is 8.00. The molecular weight excluding hydrogens is 406 g/mol. The molecule has 2 aromatic carbocycles. The van der Waals surface area contributed by atoms with Gasteiger partial charge in [-0.3, -0.25) is 4.79 Å². The first kappa shape index (κ1) is 18.2. The monoisotopic (exact) mass is 423 g/mol. The van der Waals surface area contributed by atoms with Gasteiger partial charge in [0.05, 0.1) is 21.5 Å². The third-order valence-electron chi connectivity index (χ3n) is 4.50. The van der Waals surface area contributed by atoms with Crippen LogP contribution in [-0.4, -0.2) is 34.8 Å². The fourth-order valence-electron chi connectivity index (χ4n) is 3.16. The van der Waals surface area contributed by atoms with Gasteiger partial charge in [0.2, 0.25) is 5.91 Å². The molecule has 1 aliphatic rings. The normalized spacial score (nSPS) is 13.0. The van der Waals surface area contributed by atoms with E-state index in [9.17, 15) is 4.79 Å². The van der Waals surface area contributed by atoms with Crippen LogP contribution in [0, 0.1) is 6.92 Å². The lowest BCUT2D eigenvalue weighted by Crippen LogP contribution is -2.15. The van der Waals surface area contributed by atoms with Crippen LogP contribution in [0.15, 0.2) is 47.5 Å². The Morgan fingerprint density at radius 2 is 1.90 bits per heavy atom. The molecule has 0 spiro atoms. The number of anilines is 1. The van der Waals surface area contributed by atoms with Crippen molar-refractivity contribution >= 4 is 55.3 Å². The molecule has 0 atom stereocenters. The number of carbonyl (C=O) groups is 1. The van der Waals surface area contributed by atoms with Crippen molar-refractivity contribution in [2.24, 2.45) is 0 Å². The molecule has 0 aliphatic carbocycles. The van der Waals surface area contributed by atoms with Gasteiger partial charge in [-0.15, -0.1) is 0 Å². The average molecular weight is 424 g/mol. The number of aryl methyl sites for hydroxylation is 1. The number of thiazole rings is 1. The highest BCUT2D eigenvalue weighted by Gasteiger charge is 2.15. The molecule has 6 nitrogen and oxygen atoms in total. The van der Waals surface area contributed by atoms with Crippen molar-refractivity contribution in [3.63, 3.8) is 0 Å². The van der Waals surface area contributed by atoms with E-state index in [4.69, 9.17) is 14.5 Å². The standard InChI is InChI=1S/C21H17N3O3S2/c1-12-8-13-9-16-17(27-7-6-26-16)10-15(13)22-20(12)28-11-19(25)24-21-23-14-4-2-3-5-18(14)29-21/h2-5,8-10H,6-7,11H2,1H3,(H,23,24,25). The van der Waals surface area contributed by atoms with Crippen LogP contribution >= 0.6 is 23.1 Å². The summed E-state index contributed by atoms with van der Waals surface area (Å²) in [6.45, 7) is 3.09. The lowest BCUT2D eigenvalue weighted by Gasteiger charge is -2.19. The number of ether oxygens (including phenoxy) is 2. The maximum Gasteiger partial charge on any atom is 0.236 e. The van der Waals surface area contributed by atoms with E-state index >= 15 is 0 Å². The fraction of sp³-hybridized carbons (Fsp3) is 0.190. The second-order valence-electron chi connectivity index (χ2n) is 6.62. The third kappa shape index (κ3) is 3.73. The lowest BCUT2D eigenvalue weighted by atomic mass is 10.1. The first-order valence-corrected chi connectivity index (χ1v) is 11.0. The Kier molecular flexibility index (Phi) is 4.73. The second-order valence-corrected chi connectivity index (χ2v) is 8.62. The predicted octanol–water partition coefficient (Wildman–Crippen LogP) is 4.65. The molecule has 0 radical (unpaired) electrons. The Morgan fingerprint density at radius 3 is 2.72 bits per heavy atom. The van der Waals surface area contributed by atoms with Gasteiger partial charge in [0.1, 0.15) is 18.2 Å². The van der Waals surface area contributed by atoms with E-state index < -0.39 is 0 Å². The summed E-state index contributed by atoms with van der Waals surface area (Å²) in [6, 6.07) is 13.7. The third-order valence-corrected chi connectivity index (χ3v) is 6.55. The number of nitrogens with zero attached hydrogens (tertiary/aromatic N) is 2. The van der Waals surface area contributed by atoms with Crippen LogP contribution in [-0.2, 0) is 4.79 Å². The lowest BCUT2D eigenvalue weighted by molar-refractivity contribution is -0.113. The molecule has 5 rings (SSSR count). The summed E-state index contributed by atoms with van der Waals surface area (Å²) in [6.07, 6.45) is 0. The van der Waals surface area contributed by atoms with Crippen LogP contribution in [0.3, 0.4) is 0 Å². The van der Waals surface area contributed by atoms with Gasteiger partial charge in [-0.1, -0.05) is 35.2 Å². The number of pyridine rings is 1. The van der Waals surface area contributed by atoms with Crippen molar-refractivity contribution in [2.75, 3.05) is 24.3 Å². The molecule has 8 heteroatoms. The van der Waals surface area contributed by atoms with Gasteiger partial charge < -0.3 is 14.8 Å². The molecular formula is C21H17N3O3S2. The van der Waals surface area contributed by atoms with Gasteiger partial charge in [0, 0.05) is 11.5 Å². The quantitative estimate of drug-likeness (QED) is 0.482. The van der Waals surface area contributed by atoms with Crippen molar-refractivity contribution in [3.05, 3.63) is 48.0 Å². The zero-order valence-corrected chi connectivity index (χ0v) is 17.2. The summed E-state index contributed by atoms with van der Waals surface area (Å²) in [5.74, 6) is 1.63. The number of fused-ring (bicyclic) bond motifs is 3. The smallest absolute Gasteiger partial charge is 0.236 e. The number of hydrogen-bond acceptors (Lipinski definition) is 7. The number of aromatic nitrogens is 2. The van der Waals surface area contributed by atoms with E-state index in [1.807, 2.05) is 43.3 Å². The Bertz CT molecular complexity index is 1210. The Labute approximate surface area is 175 Å². The van der Waals surface area contributed by atoms with E-state index in [0.29, 0.717) is 24.1 Å². The van der Waals surface area contributed by atoms with Crippen LogP contribution in [0.2, 0.25) is 0 Å². The number of hydrogen-bond donors (Lipinski definition) is 1. The number of nitrogens with one attached hydrogen (secondary N) is 1. The number of rotatable bonds is 4. The van der Waals surface area contributed by atoms with Gasteiger partial charge in [0.25, 0.3) is 0 Å². The van der Waals surface area contributed by atoms with E-state index in [-0.39, 0.29) is 11.7 Å². The molecule has 1 N–H and O–H groups in total. The van der Waals surface area contributed by atoms with Gasteiger partial charge in [-0.2, -0.15) is 0 Å². The molecule has 29 heavy (non-hydrogen) atoms. The molecule has 4 aromatic rings. The molecule has 0 fully saturated rings. The predicted molar refractivity (Wildman–Crippen MR) is 116 cm³/mol. The molecule has 0 saturated heterocycles. The summed E-state index contributed by atoms with van der Waals surface area (Å²) in [5.41, 5.74) is 2.74. The largest absolute Gasteiger partial charge is 0.486 e. The minimum atomic E-state index is -0.0995. The van der Waals surface area contributed by atoms with Crippen molar-refractivity contribution in [2.45, 2.75) is 11.9 Å².